The Morgan fingerprint density at radius 3 is 1.50 bits per heavy atom. The van der Waals surface area contributed by atoms with Crippen molar-refractivity contribution in [3.63, 3.8) is 0 Å². The number of allylic oxidation sites excluding steroid dienone is 4. The third-order valence-corrected chi connectivity index (χ3v) is 1.79. The predicted molar refractivity (Wildman–Crippen MR) is 85.8 cm³/mol. The Morgan fingerprint density at radius 1 is 1.00 bits per heavy atom. The minimum Gasteiger partial charge on any atom is -0.343 e. The summed E-state index contributed by atoms with van der Waals surface area (Å²) >= 11 is 0. The Hall–Kier alpha value is 0.774. The van der Waals surface area contributed by atoms with Crippen molar-refractivity contribution in [2.75, 3.05) is 0 Å². The van der Waals surface area contributed by atoms with Gasteiger partial charge in [0.25, 0.3) is 0 Å². The quantitative estimate of drug-likeness (QED) is 0.428. The van der Waals surface area contributed by atoms with E-state index in [4.69, 9.17) is 0 Å². The van der Waals surface area contributed by atoms with Crippen LogP contribution in [0.5, 0.6) is 0 Å². The molecule has 1 radical (unpaired) electrons. The van der Waals surface area contributed by atoms with Crippen molar-refractivity contribution in [1.29, 1.82) is 0 Å². The fraction of sp³-hybridized carbons (Fsp3) is 0.600. The molecule has 0 amide bonds. The van der Waals surface area contributed by atoms with E-state index in [1.54, 1.807) is 0 Å². The number of halogens is 2. The van der Waals surface area contributed by atoms with Crippen LogP contribution >= 0.6 is 24.8 Å². The van der Waals surface area contributed by atoms with Crippen molar-refractivity contribution in [1.82, 2.24) is 0 Å². The number of hydrogen-bond donors (Lipinski definition) is 0. The van der Waals surface area contributed by atoms with Crippen molar-refractivity contribution >= 4 is 24.8 Å². The van der Waals surface area contributed by atoms with Gasteiger partial charge in [-0.05, 0) is 0 Å². The number of rotatable bonds is 4. The normalized spacial score (nSPS) is 9.56. The van der Waals surface area contributed by atoms with Gasteiger partial charge in [0.05, 0.1) is 0 Å². The number of unbranched alkanes of at least 4 members (excludes halogenated alkanes) is 4. The second kappa shape index (κ2) is 36.1. The van der Waals surface area contributed by atoms with Crippen molar-refractivity contribution in [3.8, 4) is 0 Å². The van der Waals surface area contributed by atoms with E-state index in [-0.39, 0.29) is 46.5 Å². The molecule has 0 spiro atoms. The zero-order chi connectivity index (χ0) is 11.8. The van der Waals surface area contributed by atoms with Gasteiger partial charge >= 0.3 is 21.7 Å². The van der Waals surface area contributed by atoms with E-state index >= 15 is 0 Å². The molecule has 0 nitrogen and oxygen atoms in total. The van der Waals surface area contributed by atoms with E-state index in [2.05, 4.69) is 39.8 Å². The van der Waals surface area contributed by atoms with Crippen molar-refractivity contribution < 1.29 is 21.7 Å². The first-order valence-corrected chi connectivity index (χ1v) is 6.14. The topological polar surface area (TPSA) is 0 Å². The van der Waals surface area contributed by atoms with Crippen LogP contribution in [0.25, 0.3) is 0 Å². The molecular formula is C15H29Cl2Ti. The first kappa shape index (κ1) is 31.3. The molecule has 0 unspecified atom stereocenters. The molecular weight excluding hydrogens is 299 g/mol. The Balaban J connectivity index is -0.0000000433. The van der Waals surface area contributed by atoms with Gasteiger partial charge in [0, 0.05) is 0 Å². The van der Waals surface area contributed by atoms with Crippen LogP contribution in [0.2, 0.25) is 0 Å². The van der Waals surface area contributed by atoms with Crippen molar-refractivity contribution in [3.05, 3.63) is 38.2 Å². The minimum absolute atomic E-state index is 0. The summed E-state index contributed by atoms with van der Waals surface area (Å²) in [5, 5.41) is 0. The van der Waals surface area contributed by atoms with E-state index < -0.39 is 0 Å². The van der Waals surface area contributed by atoms with Crippen molar-refractivity contribution in [2.45, 2.75) is 58.8 Å². The van der Waals surface area contributed by atoms with Crippen LogP contribution in [0.1, 0.15) is 58.8 Å². The molecule has 0 atom stereocenters. The smallest absolute Gasteiger partial charge is 0.343 e. The zero-order valence-electron chi connectivity index (χ0n) is 11.9. The summed E-state index contributed by atoms with van der Waals surface area (Å²) in [4.78, 5) is 0. The molecule has 0 heterocycles. The van der Waals surface area contributed by atoms with Gasteiger partial charge in [-0.3, -0.25) is 6.08 Å². The molecule has 1 rings (SSSR count). The van der Waals surface area contributed by atoms with Gasteiger partial charge in [0.15, 0.2) is 0 Å². The first-order valence-electron chi connectivity index (χ1n) is 6.14. The molecule has 0 aliphatic heterocycles. The molecule has 0 N–H and O–H groups in total. The molecule has 0 fully saturated rings. The maximum Gasteiger partial charge on any atom is 3.00 e. The summed E-state index contributed by atoms with van der Waals surface area (Å²) in [6.45, 7) is 11.7. The van der Waals surface area contributed by atoms with E-state index in [1.165, 1.54) is 25.7 Å². The summed E-state index contributed by atoms with van der Waals surface area (Å²) in [5.41, 5.74) is 0. The zero-order valence-corrected chi connectivity index (χ0v) is 15.1. The second-order valence-electron chi connectivity index (χ2n) is 3.42. The first-order chi connectivity index (χ1) is 7.33. The van der Waals surface area contributed by atoms with Crippen LogP contribution in [0.4, 0.5) is 0 Å². The van der Waals surface area contributed by atoms with Crippen LogP contribution in [-0.2, 0) is 21.7 Å². The largest absolute Gasteiger partial charge is 3.00 e. The van der Waals surface area contributed by atoms with Gasteiger partial charge in [0.1, 0.15) is 0 Å². The molecule has 18 heavy (non-hydrogen) atoms. The van der Waals surface area contributed by atoms with E-state index in [1.807, 2.05) is 12.2 Å². The molecule has 0 saturated heterocycles. The molecule has 3 heteroatoms. The van der Waals surface area contributed by atoms with Gasteiger partial charge < -0.3 is 13.8 Å². The van der Waals surface area contributed by atoms with Gasteiger partial charge in [-0.2, -0.15) is 18.9 Å². The van der Waals surface area contributed by atoms with E-state index in [0.29, 0.717) is 0 Å². The Morgan fingerprint density at radius 2 is 1.44 bits per heavy atom. The maximum atomic E-state index is 3.68. The van der Waals surface area contributed by atoms with Crippen LogP contribution in [0.15, 0.2) is 18.2 Å². The maximum absolute atomic E-state index is 3.68. The SMILES string of the molecule is Cl.Cl.[C-]1=CCC=C1.[CH2-]CCCC.[CH2-]CCCC.[Ti+3]. The average molecular weight is 328 g/mol. The Kier molecular flexibility index (Phi) is 62.7. The summed E-state index contributed by atoms with van der Waals surface area (Å²) in [6, 6.07) is 0. The third-order valence-electron chi connectivity index (χ3n) is 1.79. The summed E-state index contributed by atoms with van der Waals surface area (Å²) in [5.74, 6) is 0. The van der Waals surface area contributed by atoms with Crippen LogP contribution in [0.3, 0.4) is 0 Å². The average Bonchev–Trinajstić information content (AvgIpc) is 2.79. The molecule has 1 aliphatic rings. The van der Waals surface area contributed by atoms with Crippen LogP contribution in [-0.4, -0.2) is 0 Å². The van der Waals surface area contributed by atoms with E-state index in [0.717, 1.165) is 19.3 Å². The van der Waals surface area contributed by atoms with Gasteiger partial charge in [-0.1, -0.05) is 39.5 Å². The molecule has 0 aromatic heterocycles. The molecule has 0 saturated carbocycles. The second-order valence-corrected chi connectivity index (χ2v) is 3.42. The fourth-order valence-corrected chi connectivity index (χ4v) is 0.840. The van der Waals surface area contributed by atoms with E-state index in [9.17, 15) is 0 Å². The molecule has 0 aromatic carbocycles. The standard InChI is InChI=1S/C5H5.2C5H11.2ClH.Ti/c1-2-4-5-3-1;2*1-3-5-4-2;;;/h1-2,5H,3H2;2*1,3-5H2,2H3;2*1H;/q3*-1;;;+3. The molecule has 0 aromatic rings. The van der Waals surface area contributed by atoms with Crippen molar-refractivity contribution in [2.24, 2.45) is 0 Å². The van der Waals surface area contributed by atoms with Gasteiger partial charge in [-0.25, -0.2) is 12.2 Å². The van der Waals surface area contributed by atoms with Crippen LogP contribution in [0, 0.1) is 19.9 Å². The molecule has 1 aliphatic carbocycles. The monoisotopic (exact) mass is 327 g/mol. The summed E-state index contributed by atoms with van der Waals surface area (Å²) in [6.07, 6.45) is 17.3. The Labute approximate surface area is 143 Å². The fourth-order valence-electron chi connectivity index (χ4n) is 0.840. The minimum atomic E-state index is 0. The predicted octanol–water partition coefficient (Wildman–Crippen LogP) is 6.17. The molecule has 107 valence electrons. The van der Waals surface area contributed by atoms with Gasteiger partial charge in [0.2, 0.25) is 0 Å². The van der Waals surface area contributed by atoms with Gasteiger partial charge in [-0.15, -0.1) is 31.2 Å². The Bertz CT molecular complexity index is 125. The third kappa shape index (κ3) is 43.7. The molecule has 0 bridgehead atoms. The van der Waals surface area contributed by atoms with Crippen LogP contribution < -0.4 is 0 Å². The number of hydrogen-bond acceptors (Lipinski definition) is 0. The summed E-state index contributed by atoms with van der Waals surface area (Å²) in [7, 11) is 0. The summed E-state index contributed by atoms with van der Waals surface area (Å²) < 4.78 is 0.